The van der Waals surface area contributed by atoms with Crippen LogP contribution in [-0.2, 0) is 14.8 Å². The fraction of sp³-hybridized carbons (Fsp3) is 0.857. The summed E-state index contributed by atoms with van der Waals surface area (Å²) in [5.74, 6) is -0.551. The summed E-state index contributed by atoms with van der Waals surface area (Å²) < 4.78 is 23.9. The van der Waals surface area contributed by atoms with Gasteiger partial charge >= 0.3 is 0 Å². The van der Waals surface area contributed by atoms with E-state index in [2.05, 4.69) is 0 Å². The van der Waals surface area contributed by atoms with Gasteiger partial charge in [-0.05, 0) is 12.8 Å². The first-order valence-electron chi connectivity index (χ1n) is 4.30. The van der Waals surface area contributed by atoms with E-state index in [1.165, 1.54) is 4.31 Å². The van der Waals surface area contributed by atoms with Gasteiger partial charge in [-0.3, -0.25) is 4.79 Å². The van der Waals surface area contributed by atoms with Crippen LogP contribution in [0.25, 0.3) is 0 Å². The standard InChI is InChI=1S/C7H13ClN2O3S/c8-5-14(12,13)10-3-1-6(2-4-10)7(9)11/h6H,1-5H2,(H2,9,11). The van der Waals surface area contributed by atoms with Gasteiger partial charge in [0.25, 0.3) is 0 Å². The molecule has 82 valence electrons. The summed E-state index contributed by atoms with van der Waals surface area (Å²) in [5.41, 5.74) is 5.12. The average molecular weight is 241 g/mol. The first-order valence-corrected chi connectivity index (χ1v) is 6.45. The van der Waals surface area contributed by atoms with Crippen molar-refractivity contribution in [2.24, 2.45) is 11.7 Å². The Bertz CT molecular complexity index is 309. The third-order valence-electron chi connectivity index (χ3n) is 2.39. The van der Waals surface area contributed by atoms with Gasteiger partial charge in [-0.15, -0.1) is 11.6 Å². The molecule has 1 rings (SSSR count). The van der Waals surface area contributed by atoms with Gasteiger partial charge in [0.2, 0.25) is 15.9 Å². The molecule has 0 bridgehead atoms. The van der Waals surface area contributed by atoms with E-state index in [9.17, 15) is 13.2 Å². The molecule has 0 atom stereocenters. The van der Waals surface area contributed by atoms with Crippen LogP contribution in [0.5, 0.6) is 0 Å². The van der Waals surface area contributed by atoms with Crippen LogP contribution >= 0.6 is 11.6 Å². The van der Waals surface area contributed by atoms with Crippen LogP contribution in [-0.4, -0.2) is 36.9 Å². The van der Waals surface area contributed by atoms with Crippen molar-refractivity contribution in [1.29, 1.82) is 0 Å². The number of halogens is 1. The Morgan fingerprint density at radius 3 is 2.29 bits per heavy atom. The lowest BCUT2D eigenvalue weighted by atomic mass is 9.98. The normalized spacial score (nSPS) is 20.9. The monoisotopic (exact) mass is 240 g/mol. The van der Waals surface area contributed by atoms with Gasteiger partial charge in [0.1, 0.15) is 5.21 Å². The minimum atomic E-state index is -3.32. The summed E-state index contributed by atoms with van der Waals surface area (Å²) in [7, 11) is -3.32. The molecule has 0 saturated carbocycles. The molecule has 1 amide bonds. The second-order valence-electron chi connectivity index (χ2n) is 3.30. The first-order chi connectivity index (χ1) is 6.47. The molecule has 2 N–H and O–H groups in total. The van der Waals surface area contributed by atoms with Crippen LogP contribution < -0.4 is 5.73 Å². The number of hydrogen-bond donors (Lipinski definition) is 1. The van der Waals surface area contributed by atoms with Crippen LogP contribution in [0.1, 0.15) is 12.8 Å². The highest BCUT2D eigenvalue weighted by Crippen LogP contribution is 2.19. The molecule has 0 aromatic carbocycles. The van der Waals surface area contributed by atoms with E-state index >= 15 is 0 Å². The van der Waals surface area contributed by atoms with Crippen LogP contribution in [0.4, 0.5) is 0 Å². The fourth-order valence-electron chi connectivity index (χ4n) is 1.49. The Kier molecular flexibility index (Phi) is 3.74. The zero-order valence-corrected chi connectivity index (χ0v) is 9.22. The minimum absolute atomic E-state index is 0.197. The van der Waals surface area contributed by atoms with Gasteiger partial charge < -0.3 is 5.73 Å². The lowest BCUT2D eigenvalue weighted by Gasteiger charge is -2.28. The Labute approximate surface area is 88.2 Å². The summed E-state index contributed by atoms with van der Waals surface area (Å²) in [6, 6.07) is 0. The number of carbonyl (C=O) groups is 1. The average Bonchev–Trinajstić information content (AvgIpc) is 2.18. The van der Waals surface area contributed by atoms with Crippen molar-refractivity contribution >= 4 is 27.5 Å². The topological polar surface area (TPSA) is 80.5 Å². The van der Waals surface area contributed by atoms with E-state index in [0.717, 1.165) is 0 Å². The lowest BCUT2D eigenvalue weighted by molar-refractivity contribution is -0.122. The number of alkyl halides is 1. The summed E-state index contributed by atoms with van der Waals surface area (Å²) in [5, 5.41) is -0.408. The molecule has 0 aromatic rings. The highest BCUT2D eigenvalue weighted by atomic mass is 35.5. The molecular formula is C7H13ClN2O3S. The predicted octanol–water partition coefficient (Wildman–Crippen LogP) is -0.290. The number of nitrogens with two attached hydrogens (primary N) is 1. The lowest BCUT2D eigenvalue weighted by Crippen LogP contribution is -2.42. The number of sulfonamides is 1. The Hall–Kier alpha value is -0.330. The number of primary amides is 1. The second kappa shape index (κ2) is 4.46. The maximum atomic E-state index is 11.3. The number of piperidine rings is 1. The van der Waals surface area contributed by atoms with E-state index in [1.807, 2.05) is 0 Å². The van der Waals surface area contributed by atoms with Gasteiger partial charge in [-0.1, -0.05) is 0 Å². The zero-order valence-electron chi connectivity index (χ0n) is 7.65. The van der Waals surface area contributed by atoms with Gasteiger partial charge in [0, 0.05) is 19.0 Å². The molecular weight excluding hydrogens is 228 g/mol. The van der Waals surface area contributed by atoms with Crippen LogP contribution in [0.15, 0.2) is 0 Å². The van der Waals surface area contributed by atoms with Crippen molar-refractivity contribution in [3.05, 3.63) is 0 Å². The molecule has 7 heteroatoms. The number of nitrogens with zero attached hydrogens (tertiary/aromatic N) is 1. The third kappa shape index (κ3) is 2.59. The van der Waals surface area contributed by atoms with Crippen molar-refractivity contribution in [2.75, 3.05) is 18.3 Å². The Balaban J connectivity index is 2.56. The second-order valence-corrected chi connectivity index (χ2v) is 5.85. The van der Waals surface area contributed by atoms with Crippen molar-refractivity contribution < 1.29 is 13.2 Å². The molecule has 0 unspecified atom stereocenters. The first kappa shape index (κ1) is 11.7. The molecule has 0 aliphatic carbocycles. The Morgan fingerprint density at radius 2 is 1.93 bits per heavy atom. The van der Waals surface area contributed by atoms with E-state index in [-0.39, 0.29) is 11.8 Å². The van der Waals surface area contributed by atoms with E-state index in [1.54, 1.807) is 0 Å². The van der Waals surface area contributed by atoms with Gasteiger partial charge in [-0.25, -0.2) is 12.7 Å². The highest BCUT2D eigenvalue weighted by Gasteiger charge is 2.29. The highest BCUT2D eigenvalue weighted by molar-refractivity contribution is 7.90. The molecule has 1 aliphatic rings. The summed E-state index contributed by atoms with van der Waals surface area (Å²) in [6.45, 7) is 0.672. The largest absolute Gasteiger partial charge is 0.369 e. The van der Waals surface area contributed by atoms with Crippen LogP contribution in [0, 0.1) is 5.92 Å². The molecule has 1 fully saturated rings. The van der Waals surface area contributed by atoms with Crippen molar-refractivity contribution in [3.63, 3.8) is 0 Å². The van der Waals surface area contributed by atoms with Gasteiger partial charge in [-0.2, -0.15) is 0 Å². The number of rotatable bonds is 3. The smallest absolute Gasteiger partial charge is 0.228 e. The maximum Gasteiger partial charge on any atom is 0.228 e. The van der Waals surface area contributed by atoms with Gasteiger partial charge in [0.05, 0.1) is 0 Å². The molecule has 14 heavy (non-hydrogen) atoms. The zero-order chi connectivity index (χ0) is 10.8. The minimum Gasteiger partial charge on any atom is -0.369 e. The molecule has 0 aromatic heterocycles. The molecule has 0 radical (unpaired) electrons. The van der Waals surface area contributed by atoms with Crippen LogP contribution in [0.3, 0.4) is 0 Å². The van der Waals surface area contributed by atoms with E-state index in [0.29, 0.717) is 25.9 Å². The number of hydrogen-bond acceptors (Lipinski definition) is 3. The van der Waals surface area contributed by atoms with E-state index in [4.69, 9.17) is 17.3 Å². The molecule has 1 saturated heterocycles. The summed E-state index contributed by atoms with van der Waals surface area (Å²) in [4.78, 5) is 10.8. The predicted molar refractivity (Wildman–Crippen MR) is 53.1 cm³/mol. The quantitative estimate of drug-likeness (QED) is 0.689. The van der Waals surface area contributed by atoms with Crippen molar-refractivity contribution in [2.45, 2.75) is 12.8 Å². The molecule has 1 aliphatic heterocycles. The number of carbonyl (C=O) groups excluding carboxylic acids is 1. The van der Waals surface area contributed by atoms with Crippen molar-refractivity contribution in [3.8, 4) is 0 Å². The van der Waals surface area contributed by atoms with E-state index < -0.39 is 15.2 Å². The van der Waals surface area contributed by atoms with Crippen molar-refractivity contribution in [1.82, 2.24) is 4.31 Å². The molecule has 0 spiro atoms. The SMILES string of the molecule is NC(=O)C1CCN(S(=O)(=O)CCl)CC1. The number of amides is 1. The van der Waals surface area contributed by atoms with Gasteiger partial charge in [0.15, 0.2) is 0 Å². The molecule has 5 nitrogen and oxygen atoms in total. The third-order valence-corrected chi connectivity index (χ3v) is 4.64. The summed E-state index contributed by atoms with van der Waals surface area (Å²) in [6.07, 6.45) is 0.983. The molecule has 1 heterocycles. The maximum absolute atomic E-state index is 11.3. The van der Waals surface area contributed by atoms with Crippen LogP contribution in [0.2, 0.25) is 0 Å². The fourth-order valence-corrected chi connectivity index (χ4v) is 2.81. The summed E-state index contributed by atoms with van der Waals surface area (Å²) >= 11 is 5.30. The Morgan fingerprint density at radius 1 is 1.43 bits per heavy atom.